The molecule has 0 bridgehead atoms. The van der Waals surface area contributed by atoms with Gasteiger partial charge in [0.05, 0.1) is 30.6 Å². The van der Waals surface area contributed by atoms with Crippen molar-refractivity contribution in [3.8, 4) is 17.1 Å². The molecule has 0 atom stereocenters. The van der Waals surface area contributed by atoms with Crippen LogP contribution in [0, 0.1) is 0 Å². The highest BCUT2D eigenvalue weighted by molar-refractivity contribution is 6.13. The third-order valence-electron chi connectivity index (χ3n) is 5.96. The molecule has 2 aliphatic rings. The second kappa shape index (κ2) is 7.94. The number of urea groups is 1. The Morgan fingerprint density at radius 2 is 1.90 bits per heavy atom. The van der Waals surface area contributed by atoms with Gasteiger partial charge in [-0.3, -0.25) is 9.88 Å². The first-order valence-corrected chi connectivity index (χ1v) is 10.6. The number of carbonyl (C=O) groups excluding carboxylic acids is 1. The summed E-state index contributed by atoms with van der Waals surface area (Å²) >= 11 is 6.17. The molecule has 160 valence electrons. The van der Waals surface area contributed by atoms with Crippen LogP contribution in [-0.4, -0.2) is 63.6 Å². The highest BCUT2D eigenvalue weighted by Crippen LogP contribution is 2.37. The van der Waals surface area contributed by atoms with Gasteiger partial charge in [0.1, 0.15) is 5.52 Å². The number of pyridine rings is 3. The largest absolute Gasteiger partial charge is 0.481 e. The predicted molar refractivity (Wildman–Crippen MR) is 119 cm³/mol. The van der Waals surface area contributed by atoms with Crippen LogP contribution >= 0.6 is 11.8 Å². The molecule has 5 rings (SSSR count). The fourth-order valence-electron chi connectivity index (χ4n) is 4.32. The molecular weight excluding hydrogens is 416 g/mol. The molecule has 31 heavy (non-hydrogen) atoms. The van der Waals surface area contributed by atoms with Gasteiger partial charge in [-0.25, -0.2) is 19.2 Å². The highest BCUT2D eigenvalue weighted by Gasteiger charge is 2.37. The zero-order valence-corrected chi connectivity index (χ0v) is 18.2. The third-order valence-corrected chi connectivity index (χ3v) is 6.30. The Hall–Kier alpha value is -2.97. The molecule has 0 radical (unpaired) electrons. The number of anilines is 1. The van der Waals surface area contributed by atoms with Crippen LogP contribution < -0.4 is 9.64 Å². The fourth-order valence-corrected chi connectivity index (χ4v) is 4.52. The molecule has 0 aliphatic carbocycles. The summed E-state index contributed by atoms with van der Waals surface area (Å²) in [6, 6.07) is 7.68. The van der Waals surface area contributed by atoms with Crippen LogP contribution in [0.5, 0.6) is 5.88 Å². The lowest BCUT2D eigenvalue weighted by molar-refractivity contribution is 0.202. The topological polar surface area (TPSA) is 74.7 Å². The number of hydrogen-bond donors (Lipinski definition) is 0. The van der Waals surface area contributed by atoms with Gasteiger partial charge in [0, 0.05) is 55.8 Å². The molecule has 3 aromatic rings. The zero-order valence-electron chi connectivity index (χ0n) is 17.5. The van der Waals surface area contributed by atoms with E-state index in [1.165, 1.54) is 0 Å². The van der Waals surface area contributed by atoms with Crippen LogP contribution in [0.2, 0.25) is 0 Å². The molecule has 2 aliphatic heterocycles. The maximum Gasteiger partial charge on any atom is 0.324 e. The SMILES string of the molecule is COc1ccc(-c2ccc3ncc4c(c3n2)N(C2CCN(Cl)CC2)C(=O)N(C)C4)cn1. The minimum absolute atomic E-state index is 0.00802. The minimum atomic E-state index is -0.00802. The van der Waals surface area contributed by atoms with E-state index in [1.807, 2.05) is 42.4 Å². The minimum Gasteiger partial charge on any atom is -0.481 e. The Morgan fingerprint density at radius 1 is 1.10 bits per heavy atom. The number of halogens is 1. The number of rotatable bonds is 3. The Balaban J connectivity index is 1.64. The monoisotopic (exact) mass is 438 g/mol. The van der Waals surface area contributed by atoms with E-state index in [0.29, 0.717) is 12.4 Å². The number of hydrogen-bond acceptors (Lipinski definition) is 6. The van der Waals surface area contributed by atoms with Crippen molar-refractivity contribution in [3.63, 3.8) is 0 Å². The molecule has 9 heteroatoms. The van der Waals surface area contributed by atoms with Crippen LogP contribution in [0.3, 0.4) is 0 Å². The molecule has 1 fully saturated rings. The summed E-state index contributed by atoms with van der Waals surface area (Å²) in [5.74, 6) is 0.550. The molecule has 0 unspecified atom stereocenters. The van der Waals surface area contributed by atoms with E-state index in [1.54, 1.807) is 22.6 Å². The van der Waals surface area contributed by atoms with E-state index >= 15 is 0 Å². The molecule has 3 aromatic heterocycles. The van der Waals surface area contributed by atoms with Crippen molar-refractivity contribution < 1.29 is 9.53 Å². The van der Waals surface area contributed by atoms with Crippen LogP contribution in [0.25, 0.3) is 22.3 Å². The van der Waals surface area contributed by atoms with Gasteiger partial charge in [-0.2, -0.15) is 0 Å². The van der Waals surface area contributed by atoms with Gasteiger partial charge in [-0.1, -0.05) is 0 Å². The van der Waals surface area contributed by atoms with E-state index in [-0.39, 0.29) is 12.1 Å². The summed E-state index contributed by atoms with van der Waals surface area (Å²) in [6.45, 7) is 2.00. The molecule has 1 saturated heterocycles. The summed E-state index contributed by atoms with van der Waals surface area (Å²) in [5, 5.41) is 0. The van der Waals surface area contributed by atoms with Crippen LogP contribution in [0.4, 0.5) is 10.5 Å². The first kappa shape index (κ1) is 20.0. The molecule has 2 amide bonds. The van der Waals surface area contributed by atoms with Gasteiger partial charge in [0.25, 0.3) is 0 Å². The van der Waals surface area contributed by atoms with E-state index in [4.69, 9.17) is 21.5 Å². The normalized spacial score (nSPS) is 17.8. The smallest absolute Gasteiger partial charge is 0.324 e. The molecular formula is C22H23ClN6O2. The van der Waals surface area contributed by atoms with E-state index in [2.05, 4.69) is 9.97 Å². The maximum atomic E-state index is 13.3. The highest BCUT2D eigenvalue weighted by atomic mass is 35.5. The molecule has 0 N–H and O–H groups in total. The molecule has 0 aromatic carbocycles. The van der Waals surface area contributed by atoms with Crippen molar-refractivity contribution in [1.29, 1.82) is 0 Å². The third kappa shape index (κ3) is 3.55. The number of piperidine rings is 1. The summed E-state index contributed by atoms with van der Waals surface area (Å²) in [5.41, 5.74) is 5.02. The molecule has 8 nitrogen and oxygen atoms in total. The number of ether oxygens (including phenoxy) is 1. The number of nitrogens with zero attached hydrogens (tertiary/aromatic N) is 6. The zero-order chi connectivity index (χ0) is 21.5. The fraction of sp³-hybridized carbons (Fsp3) is 0.364. The van der Waals surface area contributed by atoms with Gasteiger partial charge in [-0.05, 0) is 42.8 Å². The molecule has 0 spiro atoms. The van der Waals surface area contributed by atoms with Crippen LogP contribution in [0.1, 0.15) is 18.4 Å². The number of amides is 2. The lowest BCUT2D eigenvalue weighted by Crippen LogP contribution is -2.53. The predicted octanol–water partition coefficient (Wildman–Crippen LogP) is 3.69. The van der Waals surface area contributed by atoms with Crippen molar-refractivity contribution >= 4 is 34.5 Å². The van der Waals surface area contributed by atoms with Crippen LogP contribution in [0.15, 0.2) is 36.7 Å². The van der Waals surface area contributed by atoms with Crippen molar-refractivity contribution in [2.75, 3.05) is 32.1 Å². The van der Waals surface area contributed by atoms with Gasteiger partial charge < -0.3 is 9.64 Å². The van der Waals surface area contributed by atoms with E-state index in [9.17, 15) is 4.79 Å². The summed E-state index contributed by atoms with van der Waals surface area (Å²) < 4.78 is 6.94. The maximum absolute atomic E-state index is 13.3. The van der Waals surface area contributed by atoms with Gasteiger partial charge in [0.2, 0.25) is 5.88 Å². The molecule has 0 saturated carbocycles. The van der Waals surface area contributed by atoms with Crippen molar-refractivity contribution in [2.24, 2.45) is 0 Å². The second-order valence-corrected chi connectivity index (χ2v) is 8.41. The van der Waals surface area contributed by atoms with Crippen LogP contribution in [-0.2, 0) is 6.54 Å². The Kier molecular flexibility index (Phi) is 5.11. The Labute approximate surface area is 185 Å². The van der Waals surface area contributed by atoms with Crippen molar-refractivity contribution in [1.82, 2.24) is 24.3 Å². The van der Waals surface area contributed by atoms with E-state index < -0.39 is 0 Å². The lowest BCUT2D eigenvalue weighted by Gasteiger charge is -2.42. The number of methoxy groups -OCH3 is 1. The Bertz CT molecular complexity index is 1130. The first-order valence-electron chi connectivity index (χ1n) is 10.3. The summed E-state index contributed by atoms with van der Waals surface area (Å²) in [4.78, 5) is 30.8. The average Bonchev–Trinajstić information content (AvgIpc) is 2.80. The van der Waals surface area contributed by atoms with E-state index in [0.717, 1.165) is 59.5 Å². The number of fused-ring (bicyclic) bond motifs is 3. The lowest BCUT2D eigenvalue weighted by atomic mass is 10.0. The first-order chi connectivity index (χ1) is 15.0. The average molecular weight is 439 g/mol. The quantitative estimate of drug-likeness (QED) is 0.580. The van der Waals surface area contributed by atoms with Gasteiger partial charge in [-0.15, -0.1) is 0 Å². The van der Waals surface area contributed by atoms with Crippen molar-refractivity contribution in [2.45, 2.75) is 25.4 Å². The standard InChI is InChI=1S/C22H23ClN6O2/c1-27-13-15-12-24-18-5-4-17(14-3-6-19(31-2)25-11-14)26-20(18)21(15)29(22(27)30)16-7-9-28(23)10-8-16/h3-6,11-12,16H,7-10,13H2,1-2H3. The molecule has 5 heterocycles. The van der Waals surface area contributed by atoms with Gasteiger partial charge >= 0.3 is 6.03 Å². The summed E-state index contributed by atoms with van der Waals surface area (Å²) in [7, 11) is 3.41. The van der Waals surface area contributed by atoms with Crippen molar-refractivity contribution in [3.05, 3.63) is 42.2 Å². The van der Waals surface area contributed by atoms with Gasteiger partial charge in [0.15, 0.2) is 0 Å². The Morgan fingerprint density at radius 3 is 2.61 bits per heavy atom. The summed E-state index contributed by atoms with van der Waals surface area (Å²) in [6.07, 6.45) is 5.23. The number of carbonyl (C=O) groups is 1. The second-order valence-electron chi connectivity index (χ2n) is 7.94. The number of aromatic nitrogens is 3.